The number of hydrogen-bond donors (Lipinski definition) is 0. The first kappa shape index (κ1) is 10.9. The maximum absolute atomic E-state index is 11.8. The van der Waals surface area contributed by atoms with Crippen molar-refractivity contribution in [2.75, 3.05) is 0 Å². The number of aromatic nitrogens is 1. The molecule has 82 valence electrons. The topological polar surface area (TPSA) is 43.1 Å². The predicted molar refractivity (Wildman–Crippen MR) is 60.7 cm³/mol. The summed E-state index contributed by atoms with van der Waals surface area (Å²) in [5.74, 6) is 0.574. The first-order chi connectivity index (χ1) is 7.65. The van der Waals surface area contributed by atoms with Crippen LogP contribution in [-0.4, -0.2) is 10.9 Å². The van der Waals surface area contributed by atoms with Gasteiger partial charge in [-0.25, -0.2) is 0 Å². The second-order valence-corrected chi connectivity index (χ2v) is 3.98. The van der Waals surface area contributed by atoms with Crippen LogP contribution in [0.15, 0.2) is 34.9 Å². The summed E-state index contributed by atoms with van der Waals surface area (Å²) in [4.78, 5) is 11.8. The van der Waals surface area contributed by atoms with Crippen molar-refractivity contribution < 1.29 is 9.32 Å². The lowest BCUT2D eigenvalue weighted by molar-refractivity contribution is 0.0984. The smallest absolute Gasteiger partial charge is 0.170 e. The Bertz CT molecular complexity index is 502. The van der Waals surface area contributed by atoms with E-state index in [0.29, 0.717) is 16.3 Å². The molecule has 0 aliphatic rings. The Morgan fingerprint density at radius 3 is 2.62 bits per heavy atom. The molecule has 0 radical (unpaired) electrons. The summed E-state index contributed by atoms with van der Waals surface area (Å²) >= 11 is 5.74. The number of Topliss-reactive ketones (excluding diaryl/α,β-unsaturated/α-hetero) is 1. The molecular formula is C12H10ClNO2. The van der Waals surface area contributed by atoms with Gasteiger partial charge in [0.05, 0.1) is 12.1 Å². The van der Waals surface area contributed by atoms with Crippen molar-refractivity contribution in [3.05, 3.63) is 52.4 Å². The molecule has 1 aromatic carbocycles. The molecule has 0 amide bonds. The fourth-order valence-electron chi connectivity index (χ4n) is 1.40. The number of aryl methyl sites for hydroxylation is 1. The van der Waals surface area contributed by atoms with E-state index < -0.39 is 0 Å². The van der Waals surface area contributed by atoms with Crippen LogP contribution in [0.4, 0.5) is 0 Å². The summed E-state index contributed by atoms with van der Waals surface area (Å²) < 4.78 is 4.98. The third-order valence-corrected chi connectivity index (χ3v) is 2.43. The Hall–Kier alpha value is -1.61. The first-order valence-electron chi connectivity index (χ1n) is 4.86. The van der Waals surface area contributed by atoms with Crippen LogP contribution in [-0.2, 0) is 6.42 Å². The largest absolute Gasteiger partial charge is 0.361 e. The van der Waals surface area contributed by atoms with E-state index in [4.69, 9.17) is 16.1 Å². The van der Waals surface area contributed by atoms with Crippen molar-refractivity contribution in [2.24, 2.45) is 0 Å². The van der Waals surface area contributed by atoms with Gasteiger partial charge in [0.15, 0.2) is 5.78 Å². The third-order valence-electron chi connectivity index (χ3n) is 2.18. The molecule has 0 bridgehead atoms. The maximum atomic E-state index is 11.8. The van der Waals surface area contributed by atoms with E-state index in [1.54, 1.807) is 30.3 Å². The molecule has 0 saturated carbocycles. The molecule has 1 aromatic heterocycles. The zero-order valence-corrected chi connectivity index (χ0v) is 9.49. The summed E-state index contributed by atoms with van der Waals surface area (Å²) in [5.41, 5.74) is 1.40. The van der Waals surface area contributed by atoms with Crippen molar-refractivity contribution in [1.29, 1.82) is 0 Å². The number of rotatable bonds is 3. The van der Waals surface area contributed by atoms with Gasteiger partial charge in [-0.3, -0.25) is 4.79 Å². The summed E-state index contributed by atoms with van der Waals surface area (Å²) in [7, 11) is 0. The Morgan fingerprint density at radius 2 is 2.06 bits per heavy atom. The van der Waals surface area contributed by atoms with Crippen molar-refractivity contribution in [3.63, 3.8) is 0 Å². The zero-order valence-electron chi connectivity index (χ0n) is 8.74. The molecule has 3 nitrogen and oxygen atoms in total. The Balaban J connectivity index is 2.11. The molecule has 16 heavy (non-hydrogen) atoms. The van der Waals surface area contributed by atoms with Gasteiger partial charge in [-0.2, -0.15) is 0 Å². The fraction of sp³-hybridized carbons (Fsp3) is 0.167. The van der Waals surface area contributed by atoms with Gasteiger partial charge in [-0.1, -0.05) is 16.8 Å². The lowest BCUT2D eigenvalue weighted by Crippen LogP contribution is -2.02. The highest BCUT2D eigenvalue weighted by molar-refractivity contribution is 6.30. The number of carbonyl (C=O) groups is 1. The van der Waals surface area contributed by atoms with Gasteiger partial charge in [0.25, 0.3) is 0 Å². The quantitative estimate of drug-likeness (QED) is 0.768. The van der Waals surface area contributed by atoms with E-state index in [9.17, 15) is 4.79 Å². The number of ketones is 1. The van der Waals surface area contributed by atoms with Gasteiger partial charge >= 0.3 is 0 Å². The summed E-state index contributed by atoms with van der Waals surface area (Å²) in [6.45, 7) is 1.82. The van der Waals surface area contributed by atoms with Gasteiger partial charge < -0.3 is 4.52 Å². The Labute approximate surface area is 98.0 Å². The molecule has 0 saturated heterocycles. The number of benzene rings is 1. The molecule has 0 fully saturated rings. The normalized spacial score (nSPS) is 10.4. The number of halogens is 1. The molecule has 0 spiro atoms. The highest BCUT2D eigenvalue weighted by Crippen LogP contribution is 2.12. The predicted octanol–water partition coefficient (Wildman–Crippen LogP) is 3.06. The van der Waals surface area contributed by atoms with E-state index >= 15 is 0 Å². The monoisotopic (exact) mass is 235 g/mol. The third kappa shape index (κ3) is 2.49. The van der Waals surface area contributed by atoms with Crippen LogP contribution in [0, 0.1) is 6.92 Å². The molecule has 0 unspecified atom stereocenters. The van der Waals surface area contributed by atoms with E-state index in [-0.39, 0.29) is 12.2 Å². The van der Waals surface area contributed by atoms with Crippen molar-refractivity contribution >= 4 is 17.4 Å². The van der Waals surface area contributed by atoms with E-state index in [2.05, 4.69) is 5.16 Å². The molecule has 2 aromatic rings. The Morgan fingerprint density at radius 1 is 1.38 bits per heavy atom. The Kier molecular flexibility index (Phi) is 3.06. The fourth-order valence-corrected chi connectivity index (χ4v) is 1.52. The lowest BCUT2D eigenvalue weighted by Gasteiger charge is -1.98. The minimum absolute atomic E-state index is 0.00665. The van der Waals surface area contributed by atoms with Crippen LogP contribution >= 0.6 is 11.6 Å². The maximum Gasteiger partial charge on any atom is 0.170 e. The van der Waals surface area contributed by atoms with Crippen LogP contribution in [0.25, 0.3) is 0 Å². The van der Waals surface area contributed by atoms with Crippen molar-refractivity contribution in [3.8, 4) is 0 Å². The average molecular weight is 236 g/mol. The van der Waals surface area contributed by atoms with E-state index in [0.717, 1.165) is 5.69 Å². The molecule has 0 atom stereocenters. The highest BCUT2D eigenvalue weighted by atomic mass is 35.5. The van der Waals surface area contributed by atoms with Crippen LogP contribution < -0.4 is 0 Å². The molecule has 0 N–H and O–H groups in total. The average Bonchev–Trinajstić information content (AvgIpc) is 2.65. The van der Waals surface area contributed by atoms with Crippen LogP contribution in [0.2, 0.25) is 5.02 Å². The van der Waals surface area contributed by atoms with Crippen LogP contribution in [0.1, 0.15) is 21.8 Å². The second kappa shape index (κ2) is 4.49. The number of hydrogen-bond acceptors (Lipinski definition) is 3. The van der Waals surface area contributed by atoms with Gasteiger partial charge in [0, 0.05) is 16.7 Å². The lowest BCUT2D eigenvalue weighted by atomic mass is 10.1. The van der Waals surface area contributed by atoms with Crippen LogP contribution in [0.3, 0.4) is 0 Å². The second-order valence-electron chi connectivity index (χ2n) is 3.54. The molecule has 4 heteroatoms. The summed E-state index contributed by atoms with van der Waals surface area (Å²) in [6.07, 6.45) is 0.225. The minimum atomic E-state index is -0.00665. The summed E-state index contributed by atoms with van der Waals surface area (Å²) in [5, 5.41) is 4.35. The molecule has 0 aliphatic carbocycles. The molecule has 1 heterocycles. The van der Waals surface area contributed by atoms with Crippen molar-refractivity contribution in [1.82, 2.24) is 5.16 Å². The number of carbonyl (C=O) groups excluding carboxylic acids is 1. The van der Waals surface area contributed by atoms with Gasteiger partial charge in [0.2, 0.25) is 0 Å². The number of nitrogens with zero attached hydrogens (tertiary/aromatic N) is 1. The molecule has 2 rings (SSSR count). The van der Waals surface area contributed by atoms with Gasteiger partial charge in [0.1, 0.15) is 5.76 Å². The SMILES string of the molecule is Cc1cc(CC(=O)c2ccc(Cl)cc2)on1. The van der Waals surface area contributed by atoms with Gasteiger partial charge in [-0.05, 0) is 31.2 Å². The first-order valence-corrected chi connectivity index (χ1v) is 5.24. The molecule has 0 aliphatic heterocycles. The highest BCUT2D eigenvalue weighted by Gasteiger charge is 2.10. The summed E-state index contributed by atoms with van der Waals surface area (Å²) in [6, 6.07) is 8.55. The molecular weight excluding hydrogens is 226 g/mol. The van der Waals surface area contributed by atoms with Crippen molar-refractivity contribution in [2.45, 2.75) is 13.3 Å². The van der Waals surface area contributed by atoms with Gasteiger partial charge in [-0.15, -0.1) is 0 Å². The van der Waals surface area contributed by atoms with E-state index in [1.807, 2.05) is 6.92 Å². The standard InChI is InChI=1S/C12H10ClNO2/c1-8-6-11(16-14-8)7-12(15)9-2-4-10(13)5-3-9/h2-6H,7H2,1H3. The zero-order chi connectivity index (χ0) is 11.5. The van der Waals surface area contributed by atoms with E-state index in [1.165, 1.54) is 0 Å². The minimum Gasteiger partial charge on any atom is -0.361 e. The van der Waals surface area contributed by atoms with Crippen LogP contribution in [0.5, 0.6) is 0 Å².